The third-order valence-electron chi connectivity index (χ3n) is 2.98. The first-order valence-electron chi connectivity index (χ1n) is 6.16. The smallest absolute Gasteiger partial charge is 0.188 e. The number of thiocarbonyl (C=S) groups is 1. The fraction of sp³-hybridized carbons (Fsp3) is 0.0667. The maximum Gasteiger partial charge on any atom is 0.188 e. The van der Waals surface area contributed by atoms with Crippen LogP contribution in [0.1, 0.15) is 11.1 Å². The highest BCUT2D eigenvalue weighted by Crippen LogP contribution is 2.29. The highest BCUT2D eigenvalue weighted by molar-refractivity contribution is 7.80. The Hall–Kier alpha value is -1.98. The fourth-order valence-electron chi connectivity index (χ4n) is 2.01. The highest BCUT2D eigenvalue weighted by atomic mass is 32.1. The van der Waals surface area contributed by atoms with Crippen LogP contribution in [0.3, 0.4) is 0 Å². The summed E-state index contributed by atoms with van der Waals surface area (Å²) in [7, 11) is 0. The number of rotatable bonds is 3. The van der Waals surface area contributed by atoms with Crippen LogP contribution in [0.5, 0.6) is 0 Å². The molecule has 5 heteroatoms. The maximum atomic E-state index is 5.79. The number of aryl methyl sites for hydroxylation is 1. The predicted molar refractivity (Wildman–Crippen MR) is 90.0 cm³/mol. The van der Waals surface area contributed by atoms with Gasteiger partial charge in [-0.3, -0.25) is 0 Å². The summed E-state index contributed by atoms with van der Waals surface area (Å²) in [6.45, 7) is 2.02. The molecule has 2 aromatic carbocycles. The van der Waals surface area contributed by atoms with Gasteiger partial charge in [-0.1, -0.05) is 47.3 Å². The maximum absolute atomic E-state index is 5.79. The van der Waals surface area contributed by atoms with Crippen molar-refractivity contribution in [3.8, 4) is 0 Å². The number of hydrogen-bond donors (Lipinski definition) is 2. The van der Waals surface area contributed by atoms with Crippen molar-refractivity contribution in [3.63, 3.8) is 0 Å². The fourth-order valence-corrected chi connectivity index (χ4v) is 3.06. The number of thiazole rings is 1. The standard InChI is InChI=1S/C15H13N3S2/c1-9-6-7-11(10(8-9)14(16)19)17-15-18-12-4-2-3-5-13(12)20-15/h2-8H,1H3,(H2,16,19)(H,17,18). The first kappa shape index (κ1) is 13.0. The topological polar surface area (TPSA) is 50.9 Å². The van der Waals surface area contributed by atoms with Crippen LogP contribution in [-0.4, -0.2) is 9.97 Å². The molecule has 20 heavy (non-hydrogen) atoms. The molecule has 0 bridgehead atoms. The molecule has 0 aliphatic heterocycles. The first-order valence-corrected chi connectivity index (χ1v) is 7.39. The van der Waals surface area contributed by atoms with Crippen molar-refractivity contribution in [1.29, 1.82) is 0 Å². The Morgan fingerprint density at radius 1 is 1.25 bits per heavy atom. The molecule has 0 aliphatic rings. The molecule has 3 rings (SSSR count). The van der Waals surface area contributed by atoms with E-state index in [0.29, 0.717) is 4.99 Å². The Morgan fingerprint density at radius 3 is 2.80 bits per heavy atom. The molecule has 0 saturated carbocycles. The Balaban J connectivity index is 2.00. The summed E-state index contributed by atoms with van der Waals surface area (Å²) in [5.74, 6) is 0. The van der Waals surface area contributed by atoms with Crippen LogP contribution in [-0.2, 0) is 0 Å². The lowest BCUT2D eigenvalue weighted by Gasteiger charge is -2.09. The number of para-hydroxylation sites is 1. The molecule has 0 radical (unpaired) electrons. The zero-order valence-electron chi connectivity index (χ0n) is 10.9. The molecule has 3 N–H and O–H groups in total. The molecular formula is C15H13N3S2. The van der Waals surface area contributed by atoms with Crippen LogP contribution in [0, 0.1) is 6.92 Å². The van der Waals surface area contributed by atoms with E-state index in [-0.39, 0.29) is 0 Å². The number of nitrogens with two attached hydrogens (primary N) is 1. The molecule has 3 aromatic rings. The van der Waals surface area contributed by atoms with Crippen LogP contribution in [0.15, 0.2) is 42.5 Å². The SMILES string of the molecule is Cc1ccc(Nc2nc3ccccc3s2)c(C(N)=S)c1. The number of hydrogen-bond acceptors (Lipinski definition) is 4. The van der Waals surface area contributed by atoms with E-state index in [4.69, 9.17) is 18.0 Å². The van der Waals surface area contributed by atoms with Gasteiger partial charge in [-0.2, -0.15) is 0 Å². The van der Waals surface area contributed by atoms with Crippen LogP contribution < -0.4 is 11.1 Å². The van der Waals surface area contributed by atoms with Gasteiger partial charge in [0.1, 0.15) is 4.99 Å². The number of nitrogens with zero attached hydrogens (tertiary/aromatic N) is 1. The van der Waals surface area contributed by atoms with Crippen LogP contribution in [0.25, 0.3) is 10.2 Å². The van der Waals surface area contributed by atoms with Gasteiger partial charge in [0.05, 0.1) is 15.9 Å². The lowest BCUT2D eigenvalue weighted by Crippen LogP contribution is -2.12. The van der Waals surface area contributed by atoms with Gasteiger partial charge >= 0.3 is 0 Å². The molecule has 1 aromatic heterocycles. The van der Waals surface area contributed by atoms with E-state index in [1.807, 2.05) is 43.3 Å². The quantitative estimate of drug-likeness (QED) is 0.718. The lowest BCUT2D eigenvalue weighted by molar-refractivity contribution is 1.41. The van der Waals surface area contributed by atoms with Crippen molar-refractivity contribution in [3.05, 3.63) is 53.6 Å². The molecule has 0 fully saturated rings. The molecule has 0 atom stereocenters. The third-order valence-corrected chi connectivity index (χ3v) is 4.15. The second-order valence-electron chi connectivity index (χ2n) is 4.53. The summed E-state index contributed by atoms with van der Waals surface area (Å²) in [4.78, 5) is 4.94. The van der Waals surface area contributed by atoms with Gasteiger partial charge in [0.15, 0.2) is 5.13 Å². The molecule has 0 unspecified atom stereocenters. The second-order valence-corrected chi connectivity index (χ2v) is 6.00. The first-order chi connectivity index (χ1) is 9.63. The van der Waals surface area contributed by atoms with E-state index in [1.54, 1.807) is 11.3 Å². The van der Waals surface area contributed by atoms with Gasteiger partial charge in [-0.05, 0) is 31.2 Å². The average molecular weight is 299 g/mol. The normalized spacial score (nSPS) is 10.7. The average Bonchev–Trinajstić information content (AvgIpc) is 2.82. The molecule has 3 nitrogen and oxygen atoms in total. The minimum atomic E-state index is 0.386. The van der Waals surface area contributed by atoms with E-state index in [1.165, 1.54) is 0 Å². The van der Waals surface area contributed by atoms with E-state index in [9.17, 15) is 0 Å². The summed E-state index contributed by atoms with van der Waals surface area (Å²) in [6.07, 6.45) is 0. The lowest BCUT2D eigenvalue weighted by atomic mass is 10.1. The van der Waals surface area contributed by atoms with Crippen LogP contribution >= 0.6 is 23.6 Å². The number of aromatic nitrogens is 1. The van der Waals surface area contributed by atoms with Crippen molar-refractivity contribution >= 4 is 49.6 Å². The van der Waals surface area contributed by atoms with Crippen LogP contribution in [0.2, 0.25) is 0 Å². The van der Waals surface area contributed by atoms with Crippen molar-refractivity contribution in [2.24, 2.45) is 5.73 Å². The summed E-state index contributed by atoms with van der Waals surface area (Å²) < 4.78 is 1.15. The van der Waals surface area contributed by atoms with Crippen molar-refractivity contribution in [1.82, 2.24) is 4.98 Å². The molecule has 0 amide bonds. The van der Waals surface area contributed by atoms with E-state index in [2.05, 4.69) is 16.4 Å². The van der Waals surface area contributed by atoms with Gasteiger partial charge in [0.25, 0.3) is 0 Å². The zero-order chi connectivity index (χ0) is 14.1. The summed E-state index contributed by atoms with van der Waals surface area (Å²) in [5, 5.41) is 4.15. The number of nitrogens with one attached hydrogen (secondary N) is 1. The molecule has 100 valence electrons. The monoisotopic (exact) mass is 299 g/mol. The largest absolute Gasteiger partial charge is 0.389 e. The third kappa shape index (κ3) is 2.50. The number of benzene rings is 2. The van der Waals surface area contributed by atoms with Gasteiger partial charge < -0.3 is 11.1 Å². The summed E-state index contributed by atoms with van der Waals surface area (Å²) in [6, 6.07) is 14.0. The van der Waals surface area contributed by atoms with Crippen molar-refractivity contribution < 1.29 is 0 Å². The number of anilines is 2. The van der Waals surface area contributed by atoms with Gasteiger partial charge in [-0.25, -0.2) is 4.98 Å². The minimum absolute atomic E-state index is 0.386. The van der Waals surface area contributed by atoms with E-state index >= 15 is 0 Å². The Morgan fingerprint density at radius 2 is 2.05 bits per heavy atom. The van der Waals surface area contributed by atoms with Crippen LogP contribution in [0.4, 0.5) is 10.8 Å². The molecule has 0 spiro atoms. The number of fused-ring (bicyclic) bond motifs is 1. The summed E-state index contributed by atoms with van der Waals surface area (Å²) in [5.41, 5.74) is 9.64. The van der Waals surface area contributed by atoms with Gasteiger partial charge in [-0.15, -0.1) is 0 Å². The molecule has 0 aliphatic carbocycles. The van der Waals surface area contributed by atoms with Gasteiger partial charge in [0, 0.05) is 5.56 Å². The Kier molecular flexibility index (Phi) is 3.38. The van der Waals surface area contributed by atoms with E-state index in [0.717, 1.165) is 32.2 Å². The molecule has 0 saturated heterocycles. The molecule has 1 heterocycles. The zero-order valence-corrected chi connectivity index (χ0v) is 12.5. The highest BCUT2D eigenvalue weighted by Gasteiger charge is 2.08. The van der Waals surface area contributed by atoms with Crippen molar-refractivity contribution in [2.75, 3.05) is 5.32 Å². The van der Waals surface area contributed by atoms with Crippen molar-refractivity contribution in [2.45, 2.75) is 6.92 Å². The predicted octanol–water partition coefficient (Wildman–Crippen LogP) is 3.98. The second kappa shape index (κ2) is 5.19. The Labute approximate surface area is 126 Å². The minimum Gasteiger partial charge on any atom is -0.389 e. The molecular weight excluding hydrogens is 286 g/mol. The van der Waals surface area contributed by atoms with E-state index < -0.39 is 0 Å². The summed E-state index contributed by atoms with van der Waals surface area (Å²) >= 11 is 6.72. The van der Waals surface area contributed by atoms with Gasteiger partial charge in [0.2, 0.25) is 0 Å². The Bertz CT molecular complexity index is 760.